The second kappa shape index (κ2) is 11.2. The summed E-state index contributed by atoms with van der Waals surface area (Å²) in [6.45, 7) is 7.12. The molecule has 2 atom stereocenters. The number of ether oxygens (including phenoxy) is 1. The third-order valence-corrected chi connectivity index (χ3v) is 6.22. The molecular formula is C26H33N5O3. The summed E-state index contributed by atoms with van der Waals surface area (Å²) in [6.07, 6.45) is 4.56. The summed E-state index contributed by atoms with van der Waals surface area (Å²) in [4.78, 5) is 34.0. The van der Waals surface area contributed by atoms with Crippen molar-refractivity contribution in [2.75, 3.05) is 32.8 Å². The number of hydrogen-bond donors (Lipinski definition) is 3. The molecule has 2 amide bonds. The third kappa shape index (κ3) is 6.35. The van der Waals surface area contributed by atoms with Gasteiger partial charge in [-0.15, -0.1) is 0 Å². The van der Waals surface area contributed by atoms with Crippen LogP contribution in [0.4, 0.5) is 0 Å². The molecule has 3 aromatic rings. The van der Waals surface area contributed by atoms with Crippen LogP contribution in [0.2, 0.25) is 0 Å². The molecule has 0 saturated carbocycles. The Kier molecular flexibility index (Phi) is 7.80. The lowest BCUT2D eigenvalue weighted by Gasteiger charge is -2.37. The van der Waals surface area contributed by atoms with Gasteiger partial charge >= 0.3 is 0 Å². The molecule has 0 unspecified atom stereocenters. The smallest absolute Gasteiger partial charge is 0.224 e. The van der Waals surface area contributed by atoms with Crippen LogP contribution in [0.15, 0.2) is 48.8 Å². The van der Waals surface area contributed by atoms with E-state index < -0.39 is 0 Å². The number of carbonyl (C=O) groups is 2. The topological polar surface area (TPSA) is 99.3 Å². The van der Waals surface area contributed by atoms with Crippen LogP contribution in [0.5, 0.6) is 5.75 Å². The molecule has 0 bridgehead atoms. The number of fused-ring (bicyclic) bond motifs is 1. The van der Waals surface area contributed by atoms with Crippen LogP contribution >= 0.6 is 0 Å². The van der Waals surface area contributed by atoms with Gasteiger partial charge in [0.1, 0.15) is 5.75 Å². The lowest BCUT2D eigenvalue weighted by atomic mass is 9.88. The number of aromatic amines is 1. The normalized spacial score (nSPS) is 18.5. The number of hydrogen-bond acceptors (Lipinski definition) is 5. The molecule has 4 rings (SSSR count). The summed E-state index contributed by atoms with van der Waals surface area (Å²) in [5.41, 5.74) is 3.30. The molecule has 3 N–H and O–H groups in total. The number of aromatic nitrogens is 2. The summed E-state index contributed by atoms with van der Waals surface area (Å²) in [5.74, 6) is 0.749. The first kappa shape index (κ1) is 23.8. The van der Waals surface area contributed by atoms with Gasteiger partial charge in [0, 0.05) is 68.4 Å². The fourth-order valence-electron chi connectivity index (χ4n) is 4.57. The Labute approximate surface area is 200 Å². The highest BCUT2D eigenvalue weighted by molar-refractivity contribution is 5.83. The van der Waals surface area contributed by atoms with Gasteiger partial charge in [-0.05, 0) is 37.1 Å². The van der Waals surface area contributed by atoms with Gasteiger partial charge in [-0.2, -0.15) is 0 Å². The largest absolute Gasteiger partial charge is 0.492 e. The average Bonchev–Trinajstić information content (AvgIpc) is 3.24. The molecule has 3 heterocycles. The number of pyridine rings is 1. The monoisotopic (exact) mass is 463 g/mol. The number of nitrogens with zero attached hydrogens (tertiary/aromatic N) is 2. The van der Waals surface area contributed by atoms with Gasteiger partial charge in [0.05, 0.1) is 18.7 Å². The summed E-state index contributed by atoms with van der Waals surface area (Å²) < 4.78 is 6.03. The molecule has 8 nitrogen and oxygen atoms in total. The number of piperidine rings is 1. The zero-order chi connectivity index (χ0) is 23.9. The fourth-order valence-corrected chi connectivity index (χ4v) is 4.57. The fraction of sp³-hybridized carbons (Fsp3) is 0.423. The lowest BCUT2D eigenvalue weighted by Crippen LogP contribution is -2.48. The first-order valence-electron chi connectivity index (χ1n) is 11.8. The van der Waals surface area contributed by atoms with Crippen molar-refractivity contribution in [2.45, 2.75) is 26.8 Å². The molecule has 1 aromatic carbocycles. The Balaban J connectivity index is 1.42. The number of rotatable bonds is 9. The van der Waals surface area contributed by atoms with Crippen LogP contribution in [0.25, 0.3) is 10.9 Å². The number of carbonyl (C=O) groups excluding carboxylic acids is 2. The van der Waals surface area contributed by atoms with Crippen LogP contribution in [0, 0.1) is 18.8 Å². The van der Waals surface area contributed by atoms with Crippen molar-refractivity contribution in [3.8, 4) is 5.75 Å². The molecule has 180 valence electrons. The minimum atomic E-state index is -0.138. The summed E-state index contributed by atoms with van der Waals surface area (Å²) in [6, 6.07) is 12.1. The number of likely N-dealkylation sites (tertiary alicyclic amines) is 1. The van der Waals surface area contributed by atoms with E-state index in [9.17, 15) is 9.59 Å². The van der Waals surface area contributed by atoms with Crippen LogP contribution in [0.3, 0.4) is 0 Å². The molecule has 0 aliphatic carbocycles. The molecule has 2 aromatic heterocycles. The van der Waals surface area contributed by atoms with E-state index in [0.717, 1.165) is 36.5 Å². The van der Waals surface area contributed by atoms with E-state index in [1.54, 1.807) is 6.20 Å². The summed E-state index contributed by atoms with van der Waals surface area (Å²) in [5, 5.41) is 6.91. The summed E-state index contributed by atoms with van der Waals surface area (Å²) >= 11 is 0. The number of H-pyrrole nitrogens is 1. The van der Waals surface area contributed by atoms with Crippen molar-refractivity contribution in [1.29, 1.82) is 0 Å². The predicted molar refractivity (Wildman–Crippen MR) is 131 cm³/mol. The molecule has 1 aliphatic heterocycles. The maximum atomic E-state index is 13.0. The molecular weight excluding hydrogens is 430 g/mol. The van der Waals surface area contributed by atoms with Crippen LogP contribution in [0.1, 0.15) is 24.6 Å². The number of amides is 2. The van der Waals surface area contributed by atoms with E-state index in [0.29, 0.717) is 26.2 Å². The second-order valence-corrected chi connectivity index (χ2v) is 9.07. The number of benzene rings is 1. The van der Waals surface area contributed by atoms with E-state index >= 15 is 0 Å². The van der Waals surface area contributed by atoms with Gasteiger partial charge < -0.3 is 20.4 Å². The molecule has 1 aliphatic rings. The van der Waals surface area contributed by atoms with E-state index in [-0.39, 0.29) is 23.7 Å². The maximum Gasteiger partial charge on any atom is 0.224 e. The predicted octanol–water partition coefficient (Wildman–Crippen LogP) is 2.64. The number of para-hydroxylation sites is 1. The Morgan fingerprint density at radius 3 is 2.76 bits per heavy atom. The summed E-state index contributed by atoms with van der Waals surface area (Å²) in [7, 11) is 0. The van der Waals surface area contributed by atoms with E-state index in [1.165, 1.54) is 17.9 Å². The first-order chi connectivity index (χ1) is 16.5. The van der Waals surface area contributed by atoms with Crippen molar-refractivity contribution in [3.05, 3.63) is 60.0 Å². The molecule has 1 saturated heterocycles. The third-order valence-electron chi connectivity index (χ3n) is 6.22. The second-order valence-electron chi connectivity index (χ2n) is 9.07. The molecule has 0 spiro atoms. The van der Waals surface area contributed by atoms with Crippen molar-refractivity contribution >= 4 is 22.7 Å². The number of aryl methyl sites for hydroxylation is 1. The van der Waals surface area contributed by atoms with Crippen molar-refractivity contribution in [1.82, 2.24) is 25.5 Å². The number of nitrogens with one attached hydrogen (secondary N) is 3. The van der Waals surface area contributed by atoms with Gasteiger partial charge in [0.25, 0.3) is 0 Å². The zero-order valence-corrected chi connectivity index (χ0v) is 19.8. The molecule has 34 heavy (non-hydrogen) atoms. The van der Waals surface area contributed by atoms with Gasteiger partial charge in [-0.3, -0.25) is 19.5 Å². The SMILES string of the molecule is CC(=O)NCCNC(=O)[C@@H]1C[C@H](COc2ccc(C)nc2)CN(Cc2c[nH]c3ccccc23)C1. The van der Waals surface area contributed by atoms with Crippen LogP contribution in [-0.2, 0) is 16.1 Å². The highest BCUT2D eigenvalue weighted by Crippen LogP contribution is 2.27. The Morgan fingerprint density at radius 1 is 1.15 bits per heavy atom. The zero-order valence-electron chi connectivity index (χ0n) is 19.8. The maximum absolute atomic E-state index is 13.0. The molecule has 1 fully saturated rings. The Morgan fingerprint density at radius 2 is 1.97 bits per heavy atom. The first-order valence-corrected chi connectivity index (χ1v) is 11.8. The van der Waals surface area contributed by atoms with E-state index in [1.807, 2.05) is 31.2 Å². The van der Waals surface area contributed by atoms with Crippen molar-refractivity contribution < 1.29 is 14.3 Å². The average molecular weight is 464 g/mol. The Hall–Kier alpha value is -3.39. The molecule has 0 radical (unpaired) electrons. The highest BCUT2D eigenvalue weighted by Gasteiger charge is 2.32. The standard InChI is InChI=1S/C26H33N5O3/c1-18-7-8-23(13-29-18)34-17-20-11-21(26(33)28-10-9-27-19(2)32)15-31(14-20)16-22-12-30-25-6-4-3-5-24(22)25/h3-8,12-13,20-21,30H,9-11,14-17H2,1-2H3,(H,27,32)(H,28,33)/t20-,21+/m0/s1. The minimum Gasteiger partial charge on any atom is -0.492 e. The van der Waals surface area contributed by atoms with E-state index in [2.05, 4.69) is 43.8 Å². The lowest BCUT2D eigenvalue weighted by molar-refractivity contribution is -0.128. The minimum absolute atomic E-state index is 0.0241. The van der Waals surface area contributed by atoms with Crippen LogP contribution in [-0.4, -0.2) is 59.5 Å². The quantitative estimate of drug-likeness (QED) is 0.424. The van der Waals surface area contributed by atoms with E-state index in [4.69, 9.17) is 4.74 Å². The van der Waals surface area contributed by atoms with Crippen molar-refractivity contribution in [2.24, 2.45) is 11.8 Å². The Bertz CT molecular complexity index is 1110. The van der Waals surface area contributed by atoms with Gasteiger partial charge in [-0.25, -0.2) is 0 Å². The van der Waals surface area contributed by atoms with Gasteiger partial charge in [0.2, 0.25) is 11.8 Å². The molecule has 8 heteroatoms. The highest BCUT2D eigenvalue weighted by atomic mass is 16.5. The van der Waals surface area contributed by atoms with Gasteiger partial charge in [-0.1, -0.05) is 18.2 Å². The van der Waals surface area contributed by atoms with Crippen LogP contribution < -0.4 is 15.4 Å². The van der Waals surface area contributed by atoms with Crippen molar-refractivity contribution in [3.63, 3.8) is 0 Å². The van der Waals surface area contributed by atoms with Gasteiger partial charge in [0.15, 0.2) is 0 Å².